The summed E-state index contributed by atoms with van der Waals surface area (Å²) in [6.45, 7) is 4.27. The van der Waals surface area contributed by atoms with Gasteiger partial charge in [-0.2, -0.15) is 4.39 Å². The summed E-state index contributed by atoms with van der Waals surface area (Å²) >= 11 is 0. The molecule has 0 atom stereocenters. The predicted octanol–water partition coefficient (Wildman–Crippen LogP) is 4.46. The summed E-state index contributed by atoms with van der Waals surface area (Å²) in [6.07, 6.45) is 5.38. The second-order valence-electron chi connectivity index (χ2n) is 8.29. The quantitative estimate of drug-likeness (QED) is 0.365. The molecule has 0 saturated heterocycles. The van der Waals surface area contributed by atoms with Crippen molar-refractivity contribution >= 4 is 23.1 Å². The van der Waals surface area contributed by atoms with Crippen molar-refractivity contribution < 1.29 is 23.0 Å². The van der Waals surface area contributed by atoms with Gasteiger partial charge >= 0.3 is 0 Å². The number of hydrogen-bond donors (Lipinski definition) is 1. The number of aromatic nitrogens is 3. The Morgan fingerprint density at radius 3 is 2.75 bits per heavy atom. The number of anilines is 2. The first-order valence-electron chi connectivity index (χ1n) is 11.6. The summed E-state index contributed by atoms with van der Waals surface area (Å²) in [6, 6.07) is 8.38. The van der Waals surface area contributed by atoms with Crippen molar-refractivity contribution in [2.24, 2.45) is 0 Å². The largest absolute Gasteiger partial charge is 0.494 e. The highest BCUT2D eigenvalue weighted by molar-refractivity contribution is 5.97. The van der Waals surface area contributed by atoms with Crippen molar-refractivity contribution in [2.45, 2.75) is 13.3 Å². The zero-order chi connectivity index (χ0) is 25.2. The Labute approximate surface area is 206 Å². The molecule has 0 aliphatic carbocycles. The Hall–Kier alpha value is -4.05. The zero-order valence-electron chi connectivity index (χ0n) is 19.9. The Balaban J connectivity index is 1.41. The molecule has 1 N–H and O–H groups in total. The number of halogens is 2. The molecule has 0 fully saturated rings. The number of methoxy groups -OCH3 is 1. The van der Waals surface area contributed by atoms with Crippen LogP contribution in [0.2, 0.25) is 0 Å². The van der Waals surface area contributed by atoms with Crippen LogP contribution >= 0.6 is 0 Å². The highest BCUT2D eigenvalue weighted by Crippen LogP contribution is 2.32. The van der Waals surface area contributed by atoms with Crippen molar-refractivity contribution in [1.82, 2.24) is 19.3 Å². The zero-order valence-corrected chi connectivity index (χ0v) is 19.9. The average molecular weight is 494 g/mol. The van der Waals surface area contributed by atoms with E-state index in [0.29, 0.717) is 49.0 Å². The number of imidazole rings is 1. The molecule has 8 nitrogen and oxygen atoms in total. The number of benzene rings is 2. The van der Waals surface area contributed by atoms with E-state index < -0.39 is 11.6 Å². The van der Waals surface area contributed by atoms with E-state index in [-0.39, 0.29) is 17.2 Å². The molecule has 2 aromatic heterocycles. The number of amides is 1. The predicted molar refractivity (Wildman–Crippen MR) is 131 cm³/mol. The van der Waals surface area contributed by atoms with Crippen LogP contribution < -0.4 is 10.1 Å². The summed E-state index contributed by atoms with van der Waals surface area (Å²) in [5, 5.41) is 3.25. The second-order valence-corrected chi connectivity index (χ2v) is 8.29. The van der Waals surface area contributed by atoms with Gasteiger partial charge in [-0.3, -0.25) is 9.20 Å². The normalized spacial score (nSPS) is 13.2. The van der Waals surface area contributed by atoms with Crippen LogP contribution in [0.25, 0.3) is 16.9 Å². The minimum Gasteiger partial charge on any atom is -0.494 e. The van der Waals surface area contributed by atoms with Gasteiger partial charge in [-0.1, -0.05) is 0 Å². The fourth-order valence-electron chi connectivity index (χ4n) is 4.38. The van der Waals surface area contributed by atoms with Crippen molar-refractivity contribution in [1.29, 1.82) is 0 Å². The van der Waals surface area contributed by atoms with Gasteiger partial charge in [0.2, 0.25) is 5.82 Å². The summed E-state index contributed by atoms with van der Waals surface area (Å²) in [4.78, 5) is 23.4. The third kappa shape index (κ3) is 4.24. The van der Waals surface area contributed by atoms with Gasteiger partial charge in [0.15, 0.2) is 23.0 Å². The molecule has 186 valence electrons. The number of hydrogen-bond acceptors (Lipinski definition) is 6. The minimum atomic E-state index is -1.06. The number of nitrogens with zero attached hydrogens (tertiary/aromatic N) is 4. The Kier molecular flexibility index (Phi) is 6.51. The molecule has 0 radical (unpaired) electrons. The summed E-state index contributed by atoms with van der Waals surface area (Å²) < 4.78 is 40.9. The molecule has 5 rings (SSSR count). The van der Waals surface area contributed by atoms with Gasteiger partial charge in [0.1, 0.15) is 0 Å². The molecule has 4 aromatic rings. The molecule has 0 spiro atoms. The fourth-order valence-corrected chi connectivity index (χ4v) is 4.38. The molecule has 0 saturated carbocycles. The van der Waals surface area contributed by atoms with E-state index in [9.17, 15) is 13.6 Å². The summed E-state index contributed by atoms with van der Waals surface area (Å²) in [5.74, 6) is -1.81. The van der Waals surface area contributed by atoms with Crippen molar-refractivity contribution in [3.8, 4) is 17.0 Å². The van der Waals surface area contributed by atoms with Crippen LogP contribution in [0.5, 0.6) is 5.75 Å². The number of ether oxygens (including phenoxy) is 2. The lowest BCUT2D eigenvalue weighted by molar-refractivity contribution is 0.0641. The van der Waals surface area contributed by atoms with Crippen LogP contribution in [0.3, 0.4) is 0 Å². The molecule has 0 unspecified atom stereocenters. The first kappa shape index (κ1) is 23.7. The van der Waals surface area contributed by atoms with Gasteiger partial charge in [-0.05, 0) is 49.2 Å². The van der Waals surface area contributed by atoms with Gasteiger partial charge in [0.25, 0.3) is 5.91 Å². The number of nitrogens with one attached hydrogen (secondary N) is 1. The van der Waals surface area contributed by atoms with Gasteiger partial charge in [0.05, 0.1) is 25.6 Å². The van der Waals surface area contributed by atoms with Gasteiger partial charge in [-0.15, -0.1) is 0 Å². The fraction of sp³-hybridized carbons (Fsp3) is 0.269. The Bertz CT molecular complexity index is 1440. The molecule has 1 aliphatic rings. The molecule has 0 bridgehead atoms. The number of carbonyl (C=O) groups excluding carboxylic acids is 1. The third-order valence-corrected chi connectivity index (χ3v) is 6.22. The van der Waals surface area contributed by atoms with E-state index in [1.54, 1.807) is 27.8 Å². The maximum atomic E-state index is 14.7. The smallest absolute Gasteiger partial charge is 0.254 e. The van der Waals surface area contributed by atoms with Crippen LogP contribution in [-0.4, -0.2) is 58.6 Å². The van der Waals surface area contributed by atoms with Crippen LogP contribution in [0.4, 0.5) is 20.3 Å². The van der Waals surface area contributed by atoms with Crippen LogP contribution in [-0.2, 0) is 11.2 Å². The third-order valence-electron chi connectivity index (χ3n) is 6.22. The SMILES string of the molecule is CCOCCN1CCc2cc(Nc3nccn4c(-c5ccc(OC)c(F)c5F)cnc34)ccc2C1=O. The highest BCUT2D eigenvalue weighted by atomic mass is 19.2. The van der Waals surface area contributed by atoms with Crippen LogP contribution in [0.1, 0.15) is 22.8 Å². The maximum absolute atomic E-state index is 14.7. The summed E-state index contributed by atoms with van der Waals surface area (Å²) in [5.41, 5.74) is 3.24. The number of rotatable bonds is 8. The van der Waals surface area contributed by atoms with Crippen molar-refractivity contribution in [3.63, 3.8) is 0 Å². The molecule has 10 heteroatoms. The topological polar surface area (TPSA) is 81.0 Å². The van der Waals surface area contributed by atoms with E-state index in [4.69, 9.17) is 9.47 Å². The van der Waals surface area contributed by atoms with Crippen molar-refractivity contribution in [3.05, 3.63) is 71.7 Å². The highest BCUT2D eigenvalue weighted by Gasteiger charge is 2.24. The lowest BCUT2D eigenvalue weighted by Crippen LogP contribution is -2.39. The maximum Gasteiger partial charge on any atom is 0.254 e. The Morgan fingerprint density at radius 2 is 1.94 bits per heavy atom. The van der Waals surface area contributed by atoms with E-state index in [1.165, 1.54) is 25.4 Å². The van der Waals surface area contributed by atoms with E-state index >= 15 is 0 Å². The Morgan fingerprint density at radius 1 is 1.11 bits per heavy atom. The first-order valence-corrected chi connectivity index (χ1v) is 11.6. The van der Waals surface area contributed by atoms with Crippen LogP contribution in [0, 0.1) is 11.6 Å². The first-order chi connectivity index (χ1) is 17.5. The number of carbonyl (C=O) groups is 1. The van der Waals surface area contributed by atoms with Crippen LogP contribution in [0.15, 0.2) is 48.9 Å². The van der Waals surface area contributed by atoms with E-state index in [0.717, 1.165) is 17.7 Å². The van der Waals surface area contributed by atoms with Gasteiger partial charge in [-0.25, -0.2) is 14.4 Å². The lowest BCUT2D eigenvalue weighted by atomic mass is 9.98. The van der Waals surface area contributed by atoms with Gasteiger partial charge < -0.3 is 19.7 Å². The molecular weight excluding hydrogens is 468 g/mol. The number of fused-ring (bicyclic) bond motifs is 2. The minimum absolute atomic E-state index is 0.00520. The summed E-state index contributed by atoms with van der Waals surface area (Å²) in [7, 11) is 1.28. The second kappa shape index (κ2) is 9.90. The average Bonchev–Trinajstić information content (AvgIpc) is 3.32. The molecule has 3 heterocycles. The van der Waals surface area contributed by atoms with E-state index in [1.807, 2.05) is 19.1 Å². The molecular formula is C26H25F2N5O3. The van der Waals surface area contributed by atoms with E-state index in [2.05, 4.69) is 15.3 Å². The lowest BCUT2D eigenvalue weighted by Gasteiger charge is -2.28. The van der Waals surface area contributed by atoms with Crippen molar-refractivity contribution in [2.75, 3.05) is 38.7 Å². The monoisotopic (exact) mass is 493 g/mol. The molecule has 1 aliphatic heterocycles. The molecule has 36 heavy (non-hydrogen) atoms. The van der Waals surface area contributed by atoms with Gasteiger partial charge in [0, 0.05) is 48.9 Å². The molecule has 1 amide bonds. The standard InChI is InChI=1S/C26H25F2N5O3/c1-3-36-13-12-32-10-8-16-14-17(4-5-18(16)26(32)34)31-24-25-30-15-20(33(25)11-9-29-24)19-6-7-21(35-2)23(28)22(19)27/h4-7,9,11,14-15H,3,8,10,12-13H2,1-2H3,(H,29,31). The molecule has 2 aromatic carbocycles.